The molecule has 0 saturated carbocycles. The van der Waals surface area contributed by atoms with Crippen LogP contribution in [0.15, 0.2) is 84.6 Å². The molecule has 0 aliphatic rings. The van der Waals surface area contributed by atoms with Gasteiger partial charge in [0.05, 0.1) is 10.6 Å². The molecule has 29 heavy (non-hydrogen) atoms. The van der Waals surface area contributed by atoms with Crippen LogP contribution in [0.5, 0.6) is 0 Å². The van der Waals surface area contributed by atoms with Crippen LogP contribution < -0.4 is 5.32 Å². The third-order valence-corrected chi connectivity index (χ3v) is 4.56. The predicted molar refractivity (Wildman–Crippen MR) is 115 cm³/mol. The van der Waals surface area contributed by atoms with Gasteiger partial charge in [0.15, 0.2) is 0 Å². The smallest absolute Gasteiger partial charge is 0.355 e. The molecular weight excluding hydrogens is 409 g/mol. The molecule has 3 aromatic carbocycles. The maximum absolute atomic E-state index is 12.7. The number of halogens is 2. The van der Waals surface area contributed by atoms with Gasteiger partial charge in [-0.2, -0.15) is 0 Å². The number of hydrogen-bond acceptors (Lipinski definition) is 3. The molecule has 0 aliphatic heterocycles. The normalized spacial score (nSPS) is 11.0. The Morgan fingerprint density at radius 1 is 0.862 bits per heavy atom. The molecular formula is C23H17Cl2NO3. The van der Waals surface area contributed by atoms with E-state index in [2.05, 4.69) is 5.32 Å². The Bertz CT molecular complexity index is 1030. The van der Waals surface area contributed by atoms with E-state index < -0.39 is 11.9 Å². The molecule has 0 aliphatic carbocycles. The van der Waals surface area contributed by atoms with Crippen LogP contribution in [0.1, 0.15) is 21.5 Å². The summed E-state index contributed by atoms with van der Waals surface area (Å²) in [4.78, 5) is 25.3. The fourth-order valence-electron chi connectivity index (χ4n) is 2.51. The minimum atomic E-state index is -0.663. The molecule has 0 heterocycles. The number of carbonyl (C=O) groups is 2. The van der Waals surface area contributed by atoms with Gasteiger partial charge in [-0.05, 0) is 41.5 Å². The van der Waals surface area contributed by atoms with E-state index in [1.54, 1.807) is 48.5 Å². The van der Waals surface area contributed by atoms with Crippen LogP contribution in [-0.4, -0.2) is 11.9 Å². The van der Waals surface area contributed by atoms with Gasteiger partial charge in [0.2, 0.25) is 0 Å². The van der Waals surface area contributed by atoms with Crippen molar-refractivity contribution in [2.45, 2.75) is 6.61 Å². The second-order valence-electron chi connectivity index (χ2n) is 6.11. The molecule has 4 nitrogen and oxygen atoms in total. The molecule has 0 unspecified atom stereocenters. The monoisotopic (exact) mass is 425 g/mol. The first-order valence-electron chi connectivity index (χ1n) is 8.77. The molecule has 0 saturated heterocycles. The van der Waals surface area contributed by atoms with Crippen molar-refractivity contribution in [3.05, 3.63) is 111 Å². The Hall–Kier alpha value is -3.08. The van der Waals surface area contributed by atoms with Gasteiger partial charge in [-0.15, -0.1) is 0 Å². The fraction of sp³-hybridized carbons (Fsp3) is 0.0435. The summed E-state index contributed by atoms with van der Waals surface area (Å²) in [6, 6.07) is 22.7. The van der Waals surface area contributed by atoms with Crippen molar-refractivity contribution in [2.24, 2.45) is 0 Å². The number of ether oxygens (including phenoxy) is 1. The van der Waals surface area contributed by atoms with Gasteiger partial charge >= 0.3 is 5.97 Å². The highest BCUT2D eigenvalue weighted by Crippen LogP contribution is 2.17. The summed E-state index contributed by atoms with van der Waals surface area (Å²) in [5, 5.41) is 3.45. The first kappa shape index (κ1) is 20.6. The minimum Gasteiger partial charge on any atom is -0.456 e. The van der Waals surface area contributed by atoms with Gasteiger partial charge < -0.3 is 10.1 Å². The predicted octanol–water partition coefficient (Wildman–Crippen LogP) is 5.51. The average Bonchev–Trinajstić information content (AvgIpc) is 2.74. The summed E-state index contributed by atoms with van der Waals surface area (Å²) in [5.41, 5.74) is 1.77. The van der Waals surface area contributed by atoms with Crippen molar-refractivity contribution in [3.63, 3.8) is 0 Å². The van der Waals surface area contributed by atoms with E-state index in [0.29, 0.717) is 10.6 Å². The second-order valence-corrected chi connectivity index (χ2v) is 6.95. The maximum atomic E-state index is 12.7. The van der Waals surface area contributed by atoms with Crippen molar-refractivity contribution >= 4 is 41.2 Å². The van der Waals surface area contributed by atoms with Crippen LogP contribution in [-0.2, 0) is 16.1 Å². The van der Waals surface area contributed by atoms with Crippen LogP contribution in [0.4, 0.5) is 0 Å². The van der Waals surface area contributed by atoms with Crippen LogP contribution in [0.2, 0.25) is 10.0 Å². The molecule has 146 valence electrons. The lowest BCUT2D eigenvalue weighted by atomic mass is 10.1. The summed E-state index contributed by atoms with van der Waals surface area (Å²) in [6.07, 6.45) is 1.53. The molecule has 3 aromatic rings. The van der Waals surface area contributed by atoms with Crippen molar-refractivity contribution in [3.8, 4) is 0 Å². The summed E-state index contributed by atoms with van der Waals surface area (Å²) < 4.78 is 5.37. The van der Waals surface area contributed by atoms with Gasteiger partial charge in [0, 0.05) is 5.02 Å². The van der Waals surface area contributed by atoms with Crippen LogP contribution in [0, 0.1) is 0 Å². The van der Waals surface area contributed by atoms with Gasteiger partial charge in [-0.3, -0.25) is 4.79 Å². The van der Waals surface area contributed by atoms with E-state index in [1.807, 2.05) is 30.3 Å². The number of hydrogen-bond donors (Lipinski definition) is 1. The first-order valence-corrected chi connectivity index (χ1v) is 9.53. The molecule has 6 heteroatoms. The summed E-state index contributed by atoms with van der Waals surface area (Å²) >= 11 is 12.0. The van der Waals surface area contributed by atoms with E-state index in [-0.39, 0.29) is 22.9 Å². The zero-order valence-corrected chi connectivity index (χ0v) is 16.8. The standard InChI is InChI=1S/C23H17Cl2NO3/c24-18-12-10-16(11-13-18)14-21(23(28)29-15-17-6-2-1-3-7-17)26-22(27)19-8-4-5-9-20(19)25/h1-14H,15H2,(H,26,27)/b21-14+. The first-order chi connectivity index (χ1) is 14.0. The Balaban J connectivity index is 1.82. The number of amides is 1. The Labute approximate surface area is 178 Å². The van der Waals surface area contributed by atoms with Crippen molar-refractivity contribution in [1.29, 1.82) is 0 Å². The van der Waals surface area contributed by atoms with E-state index in [9.17, 15) is 9.59 Å². The average molecular weight is 426 g/mol. The molecule has 0 bridgehead atoms. The van der Waals surface area contributed by atoms with E-state index >= 15 is 0 Å². The third kappa shape index (κ3) is 5.95. The topological polar surface area (TPSA) is 55.4 Å². The molecule has 1 N–H and O–H groups in total. The number of benzene rings is 3. The molecule has 0 fully saturated rings. The molecule has 0 radical (unpaired) electrons. The van der Waals surface area contributed by atoms with Gasteiger partial charge in [0.25, 0.3) is 5.91 Å². The number of nitrogens with one attached hydrogen (secondary N) is 1. The van der Waals surface area contributed by atoms with E-state index in [4.69, 9.17) is 27.9 Å². The molecule has 0 atom stereocenters. The van der Waals surface area contributed by atoms with Crippen LogP contribution in [0.3, 0.4) is 0 Å². The number of rotatable bonds is 6. The van der Waals surface area contributed by atoms with Gasteiger partial charge in [-0.1, -0.05) is 77.8 Å². The number of esters is 1. The molecule has 0 aromatic heterocycles. The maximum Gasteiger partial charge on any atom is 0.355 e. The lowest BCUT2D eigenvalue weighted by Crippen LogP contribution is -2.28. The highest BCUT2D eigenvalue weighted by Gasteiger charge is 2.17. The van der Waals surface area contributed by atoms with Gasteiger partial charge in [0.1, 0.15) is 12.3 Å². The SMILES string of the molecule is O=C(OCc1ccccc1)/C(=C\c1ccc(Cl)cc1)NC(=O)c1ccccc1Cl. The largest absolute Gasteiger partial charge is 0.456 e. The van der Waals surface area contributed by atoms with Crippen LogP contribution in [0.25, 0.3) is 6.08 Å². The van der Waals surface area contributed by atoms with Crippen molar-refractivity contribution < 1.29 is 14.3 Å². The molecule has 0 spiro atoms. The van der Waals surface area contributed by atoms with E-state index in [1.165, 1.54) is 6.08 Å². The Kier molecular flexibility index (Phi) is 7.06. The number of carbonyl (C=O) groups excluding carboxylic acids is 2. The highest BCUT2D eigenvalue weighted by atomic mass is 35.5. The highest BCUT2D eigenvalue weighted by molar-refractivity contribution is 6.34. The zero-order valence-electron chi connectivity index (χ0n) is 15.3. The lowest BCUT2D eigenvalue weighted by Gasteiger charge is -2.11. The Morgan fingerprint density at radius 2 is 1.52 bits per heavy atom. The summed E-state index contributed by atoms with van der Waals surface area (Å²) in [7, 11) is 0. The fourth-order valence-corrected chi connectivity index (χ4v) is 2.86. The van der Waals surface area contributed by atoms with Crippen molar-refractivity contribution in [1.82, 2.24) is 5.32 Å². The zero-order chi connectivity index (χ0) is 20.6. The van der Waals surface area contributed by atoms with Crippen LogP contribution >= 0.6 is 23.2 Å². The Morgan fingerprint density at radius 3 is 2.21 bits per heavy atom. The van der Waals surface area contributed by atoms with E-state index in [0.717, 1.165) is 5.56 Å². The van der Waals surface area contributed by atoms with Gasteiger partial charge in [-0.25, -0.2) is 4.79 Å². The second kappa shape index (κ2) is 9.92. The lowest BCUT2D eigenvalue weighted by molar-refractivity contribution is -0.140. The quantitative estimate of drug-likeness (QED) is 0.418. The summed E-state index contributed by atoms with van der Waals surface area (Å²) in [6.45, 7) is 0.0829. The van der Waals surface area contributed by atoms with Crippen molar-refractivity contribution in [2.75, 3.05) is 0 Å². The molecule has 1 amide bonds. The summed E-state index contributed by atoms with van der Waals surface area (Å²) in [5.74, 6) is -1.17. The third-order valence-electron chi connectivity index (χ3n) is 3.98. The minimum absolute atomic E-state index is 0.00632. The molecule has 3 rings (SSSR count).